The van der Waals surface area contributed by atoms with Gasteiger partial charge in [0, 0.05) is 54.5 Å². The zero-order valence-corrected chi connectivity index (χ0v) is 12.3. The van der Waals surface area contributed by atoms with Crippen LogP contribution in [0.5, 0.6) is 0 Å². The summed E-state index contributed by atoms with van der Waals surface area (Å²) in [7, 11) is 0. The van der Waals surface area contributed by atoms with Crippen LogP contribution in [0.15, 0.2) is 11.4 Å². The maximum absolute atomic E-state index is 11.7. The van der Waals surface area contributed by atoms with Gasteiger partial charge in [-0.2, -0.15) is 0 Å². The third kappa shape index (κ3) is 2.88. The molecule has 3 rings (SSSR count). The first kappa shape index (κ1) is 13.6. The number of nitrogens with zero attached hydrogens (tertiary/aromatic N) is 2. The Bertz CT molecular complexity index is 557. The van der Waals surface area contributed by atoms with Crippen molar-refractivity contribution in [1.29, 1.82) is 0 Å². The summed E-state index contributed by atoms with van der Waals surface area (Å²) in [6.07, 6.45) is 1.75. The number of carbonyl (C=O) groups is 1. The Labute approximate surface area is 123 Å². The van der Waals surface area contributed by atoms with E-state index >= 15 is 0 Å². The summed E-state index contributed by atoms with van der Waals surface area (Å²) in [6.45, 7) is 4.24. The average molecular weight is 289 g/mol. The number of piperazine rings is 1. The Balaban J connectivity index is 1.59. The van der Waals surface area contributed by atoms with Crippen molar-refractivity contribution in [3.05, 3.63) is 21.9 Å². The minimum absolute atomic E-state index is 0.338. The highest BCUT2D eigenvalue weighted by molar-refractivity contribution is 7.10. The van der Waals surface area contributed by atoms with Crippen molar-refractivity contribution in [3.8, 4) is 11.8 Å². The fourth-order valence-corrected chi connectivity index (χ4v) is 3.83. The van der Waals surface area contributed by atoms with Crippen LogP contribution in [0.25, 0.3) is 0 Å². The number of amides is 1. The minimum atomic E-state index is 0.338. The lowest BCUT2D eigenvalue weighted by molar-refractivity contribution is -0.130. The second-order valence-corrected chi connectivity index (χ2v) is 6.32. The Hall–Kier alpha value is -1.35. The predicted octanol–water partition coefficient (Wildman–Crippen LogP) is 0.865. The first-order chi connectivity index (χ1) is 9.76. The van der Waals surface area contributed by atoms with E-state index in [9.17, 15) is 4.79 Å². The number of rotatable bonds is 2. The van der Waals surface area contributed by atoms with Crippen LogP contribution in [0.2, 0.25) is 0 Å². The highest BCUT2D eigenvalue weighted by Gasteiger charge is 2.35. The van der Waals surface area contributed by atoms with Crippen LogP contribution < -0.4 is 5.73 Å². The highest BCUT2D eigenvalue weighted by atomic mass is 32.1. The van der Waals surface area contributed by atoms with Crippen molar-refractivity contribution in [2.75, 3.05) is 26.2 Å². The molecule has 0 saturated carbocycles. The van der Waals surface area contributed by atoms with Gasteiger partial charge in [-0.05, 0) is 12.5 Å². The fraction of sp³-hybridized carbons (Fsp3) is 0.533. The molecule has 1 unspecified atom stereocenters. The SMILES string of the molecule is NCC#Cc1csc(CN2CCN3C(=O)CCC3C2)c1. The highest BCUT2D eigenvalue weighted by Crippen LogP contribution is 2.24. The van der Waals surface area contributed by atoms with E-state index in [-0.39, 0.29) is 0 Å². The quantitative estimate of drug-likeness (QED) is 0.822. The van der Waals surface area contributed by atoms with Crippen molar-refractivity contribution in [3.63, 3.8) is 0 Å². The Morgan fingerprint density at radius 2 is 2.35 bits per heavy atom. The van der Waals surface area contributed by atoms with Crippen LogP contribution in [0.4, 0.5) is 0 Å². The second-order valence-electron chi connectivity index (χ2n) is 5.32. The zero-order chi connectivity index (χ0) is 13.9. The summed E-state index contributed by atoms with van der Waals surface area (Å²) < 4.78 is 0. The molecule has 1 amide bonds. The van der Waals surface area contributed by atoms with Gasteiger partial charge in [0.05, 0.1) is 6.54 Å². The molecule has 2 fully saturated rings. The van der Waals surface area contributed by atoms with Gasteiger partial charge in [0.1, 0.15) is 0 Å². The van der Waals surface area contributed by atoms with E-state index in [0.717, 1.165) is 44.6 Å². The number of nitrogens with two attached hydrogens (primary N) is 1. The van der Waals surface area contributed by atoms with Crippen LogP contribution in [-0.4, -0.2) is 47.9 Å². The molecule has 106 valence electrons. The molecule has 20 heavy (non-hydrogen) atoms. The number of thiophene rings is 1. The molecule has 3 heterocycles. The molecular formula is C15H19N3OS. The van der Waals surface area contributed by atoms with Crippen molar-refractivity contribution >= 4 is 17.2 Å². The molecule has 4 nitrogen and oxygen atoms in total. The smallest absolute Gasteiger partial charge is 0.222 e. The van der Waals surface area contributed by atoms with E-state index in [1.54, 1.807) is 11.3 Å². The molecule has 5 heteroatoms. The van der Waals surface area contributed by atoms with Crippen LogP contribution in [-0.2, 0) is 11.3 Å². The number of carbonyl (C=O) groups excluding carboxylic acids is 1. The van der Waals surface area contributed by atoms with Gasteiger partial charge in [0.25, 0.3) is 0 Å². The normalized spacial score (nSPS) is 22.6. The van der Waals surface area contributed by atoms with E-state index in [0.29, 0.717) is 18.5 Å². The van der Waals surface area contributed by atoms with E-state index in [1.807, 2.05) is 0 Å². The van der Waals surface area contributed by atoms with Gasteiger partial charge in [0.2, 0.25) is 5.91 Å². The molecule has 1 atom stereocenters. The third-order valence-electron chi connectivity index (χ3n) is 3.95. The topological polar surface area (TPSA) is 49.6 Å². The van der Waals surface area contributed by atoms with Gasteiger partial charge >= 0.3 is 0 Å². The summed E-state index contributed by atoms with van der Waals surface area (Å²) in [5.41, 5.74) is 6.44. The van der Waals surface area contributed by atoms with Gasteiger partial charge in [-0.15, -0.1) is 11.3 Å². The minimum Gasteiger partial charge on any atom is -0.337 e. The molecule has 2 aliphatic rings. The lowest BCUT2D eigenvalue weighted by atomic mass is 10.1. The molecule has 0 spiro atoms. The number of hydrogen-bond donors (Lipinski definition) is 1. The van der Waals surface area contributed by atoms with Gasteiger partial charge in [0.15, 0.2) is 0 Å². The van der Waals surface area contributed by atoms with E-state index in [4.69, 9.17) is 5.73 Å². The monoisotopic (exact) mass is 289 g/mol. The molecule has 2 N–H and O–H groups in total. The van der Waals surface area contributed by atoms with Crippen molar-refractivity contribution in [2.24, 2.45) is 5.73 Å². The third-order valence-corrected chi connectivity index (χ3v) is 4.87. The molecule has 1 aromatic heterocycles. The maximum atomic E-state index is 11.7. The summed E-state index contributed by atoms with van der Waals surface area (Å²) in [6, 6.07) is 2.59. The largest absolute Gasteiger partial charge is 0.337 e. The van der Waals surface area contributed by atoms with Crippen LogP contribution in [0.3, 0.4) is 0 Å². The molecule has 2 aliphatic heterocycles. The molecule has 0 aromatic carbocycles. The van der Waals surface area contributed by atoms with Crippen LogP contribution in [0, 0.1) is 11.8 Å². The Morgan fingerprint density at radius 1 is 1.45 bits per heavy atom. The second kappa shape index (κ2) is 5.96. The first-order valence-corrected chi connectivity index (χ1v) is 7.92. The van der Waals surface area contributed by atoms with E-state index in [1.165, 1.54) is 4.88 Å². The van der Waals surface area contributed by atoms with Crippen molar-refractivity contribution in [2.45, 2.75) is 25.4 Å². The Kier molecular flexibility index (Phi) is 4.06. The number of hydrogen-bond acceptors (Lipinski definition) is 4. The molecule has 1 aromatic rings. The zero-order valence-electron chi connectivity index (χ0n) is 11.5. The van der Waals surface area contributed by atoms with E-state index < -0.39 is 0 Å². The summed E-state index contributed by atoms with van der Waals surface area (Å²) in [5, 5.41) is 2.09. The number of fused-ring (bicyclic) bond motifs is 1. The molecular weight excluding hydrogens is 270 g/mol. The van der Waals surface area contributed by atoms with Gasteiger partial charge < -0.3 is 10.6 Å². The average Bonchev–Trinajstić information content (AvgIpc) is 3.04. The lowest BCUT2D eigenvalue weighted by Crippen LogP contribution is -2.50. The predicted molar refractivity (Wildman–Crippen MR) is 80.3 cm³/mol. The van der Waals surface area contributed by atoms with Gasteiger partial charge in [-0.1, -0.05) is 11.8 Å². The standard InChI is InChI=1S/C15H19N3OS/c16-5-1-2-12-8-14(20-11-12)10-17-6-7-18-13(9-17)3-4-15(18)19/h8,11,13H,3-7,9-10,16H2. The van der Waals surface area contributed by atoms with Crippen LogP contribution >= 0.6 is 11.3 Å². The summed E-state index contributed by atoms with van der Waals surface area (Å²) in [5.74, 6) is 6.29. The molecule has 0 bridgehead atoms. The molecule has 2 saturated heterocycles. The fourth-order valence-electron chi connectivity index (χ4n) is 2.97. The van der Waals surface area contributed by atoms with Gasteiger partial charge in [-0.25, -0.2) is 0 Å². The molecule has 0 radical (unpaired) electrons. The Morgan fingerprint density at radius 3 is 3.20 bits per heavy atom. The van der Waals surface area contributed by atoms with Crippen molar-refractivity contribution < 1.29 is 4.79 Å². The van der Waals surface area contributed by atoms with E-state index in [2.05, 4.69) is 33.1 Å². The van der Waals surface area contributed by atoms with Gasteiger partial charge in [-0.3, -0.25) is 9.69 Å². The summed E-state index contributed by atoms with van der Waals surface area (Å²) in [4.78, 5) is 17.5. The molecule has 0 aliphatic carbocycles. The summed E-state index contributed by atoms with van der Waals surface area (Å²) >= 11 is 1.75. The lowest BCUT2D eigenvalue weighted by Gasteiger charge is -2.37. The van der Waals surface area contributed by atoms with Crippen molar-refractivity contribution in [1.82, 2.24) is 9.80 Å². The maximum Gasteiger partial charge on any atom is 0.222 e. The van der Waals surface area contributed by atoms with Crippen LogP contribution in [0.1, 0.15) is 23.3 Å². The first-order valence-electron chi connectivity index (χ1n) is 7.04.